The molecule has 4 atom stereocenters. The molecule has 0 saturated heterocycles. The summed E-state index contributed by atoms with van der Waals surface area (Å²) in [5.74, 6) is 0.309. The third kappa shape index (κ3) is 2.90. The Hall–Kier alpha value is -2.54. The van der Waals surface area contributed by atoms with Gasteiger partial charge in [0.2, 0.25) is 0 Å². The predicted molar refractivity (Wildman–Crippen MR) is 110 cm³/mol. The van der Waals surface area contributed by atoms with E-state index in [0.717, 1.165) is 30.7 Å². The summed E-state index contributed by atoms with van der Waals surface area (Å²) in [6, 6.07) is 7.26. The molecule has 4 saturated carbocycles. The zero-order chi connectivity index (χ0) is 21.1. The van der Waals surface area contributed by atoms with Crippen molar-refractivity contribution in [3.63, 3.8) is 0 Å². The number of nitrogens with zero attached hydrogens (tertiary/aromatic N) is 2. The van der Waals surface area contributed by atoms with Gasteiger partial charge in [0, 0.05) is 17.1 Å². The summed E-state index contributed by atoms with van der Waals surface area (Å²) >= 11 is 6.46. The van der Waals surface area contributed by atoms with E-state index in [2.05, 4.69) is 10.4 Å². The minimum atomic E-state index is -0.988. The summed E-state index contributed by atoms with van der Waals surface area (Å²) in [5, 5.41) is 19.7. The van der Waals surface area contributed by atoms with Crippen LogP contribution in [-0.2, 0) is 10.3 Å². The summed E-state index contributed by atoms with van der Waals surface area (Å²) in [6.07, 6.45) is 5.80. The monoisotopic (exact) mass is 428 g/mol. The van der Waals surface area contributed by atoms with Crippen LogP contribution in [0.2, 0.25) is 5.02 Å². The van der Waals surface area contributed by atoms with Crippen LogP contribution in [0.25, 0.3) is 0 Å². The molecule has 2 unspecified atom stereocenters. The Morgan fingerprint density at radius 2 is 1.90 bits per heavy atom. The van der Waals surface area contributed by atoms with Gasteiger partial charge in [-0.3, -0.25) is 4.79 Å². The van der Waals surface area contributed by atoms with Crippen LogP contribution in [0, 0.1) is 17.3 Å². The van der Waals surface area contributed by atoms with Gasteiger partial charge in [0.25, 0.3) is 5.56 Å². The largest absolute Gasteiger partial charge is 0.550 e. The highest BCUT2D eigenvalue weighted by Crippen LogP contribution is 2.63. The van der Waals surface area contributed by atoms with Gasteiger partial charge >= 0.3 is 0 Å². The highest BCUT2D eigenvalue weighted by Gasteiger charge is 2.60. The molecule has 4 aliphatic carbocycles. The number of anilines is 2. The average molecular weight is 429 g/mol. The molecule has 8 heteroatoms. The van der Waals surface area contributed by atoms with E-state index in [-0.39, 0.29) is 22.4 Å². The fourth-order valence-electron chi connectivity index (χ4n) is 6.39. The maximum absolute atomic E-state index is 13.2. The number of carboxylic acid groups (broad SMARTS) is 1. The second-order valence-electron chi connectivity index (χ2n) is 9.20. The lowest BCUT2D eigenvalue weighted by molar-refractivity contribution is -0.329. The minimum absolute atomic E-state index is 0.0547. The van der Waals surface area contributed by atoms with Crippen LogP contribution >= 0.6 is 11.6 Å². The third-order valence-corrected chi connectivity index (χ3v) is 7.57. The maximum Gasteiger partial charge on any atom is 0.288 e. The van der Waals surface area contributed by atoms with Gasteiger partial charge in [-0.25, -0.2) is 4.68 Å². The molecule has 2 aromatic rings. The molecule has 30 heavy (non-hydrogen) atoms. The molecule has 1 aromatic carbocycles. The predicted octanol–water partition coefficient (Wildman–Crippen LogP) is 2.69. The summed E-state index contributed by atoms with van der Waals surface area (Å²) in [6.45, 7) is 0. The first-order valence-corrected chi connectivity index (χ1v) is 10.6. The molecule has 158 valence electrons. The normalized spacial score (nSPS) is 31.5. The standard InChI is InChI=1S/C22H24ClN3O4/c1-30-16-4-2-15(3-5-16)25-17-11-24-26(19(27)18(17)23)22-9-13-6-14(10-22)8-21(7-13,12-22)20(28)29/h2-5,11,13-14,25H,6-10,12H2,1H3,(H,28,29)/p-1/t13-,14+,21?,22?. The van der Waals surface area contributed by atoms with Crippen molar-refractivity contribution in [3.8, 4) is 5.75 Å². The number of rotatable bonds is 5. The van der Waals surface area contributed by atoms with Gasteiger partial charge in [0.15, 0.2) is 0 Å². The van der Waals surface area contributed by atoms with E-state index in [1.54, 1.807) is 25.4 Å². The number of hydrogen-bond donors (Lipinski definition) is 1. The van der Waals surface area contributed by atoms with Crippen LogP contribution < -0.4 is 20.7 Å². The van der Waals surface area contributed by atoms with E-state index in [9.17, 15) is 14.7 Å². The van der Waals surface area contributed by atoms with Crippen molar-refractivity contribution in [2.75, 3.05) is 12.4 Å². The molecule has 4 aliphatic rings. The Balaban J connectivity index is 1.49. The second kappa shape index (κ2) is 6.74. The van der Waals surface area contributed by atoms with E-state index in [1.165, 1.54) is 4.68 Å². The highest BCUT2D eigenvalue weighted by atomic mass is 35.5. The lowest BCUT2D eigenvalue weighted by atomic mass is 9.47. The van der Waals surface area contributed by atoms with E-state index in [1.807, 2.05) is 12.1 Å². The summed E-state index contributed by atoms with van der Waals surface area (Å²) in [5.41, 5.74) is -0.656. The van der Waals surface area contributed by atoms with Crippen LogP contribution in [-0.4, -0.2) is 22.9 Å². The van der Waals surface area contributed by atoms with Gasteiger partial charge in [-0.15, -0.1) is 0 Å². The number of hydrogen-bond acceptors (Lipinski definition) is 6. The first-order valence-electron chi connectivity index (χ1n) is 10.2. The van der Waals surface area contributed by atoms with Crippen molar-refractivity contribution in [1.29, 1.82) is 0 Å². The number of aromatic nitrogens is 2. The van der Waals surface area contributed by atoms with E-state index < -0.39 is 16.9 Å². The second-order valence-corrected chi connectivity index (χ2v) is 9.57. The Morgan fingerprint density at radius 3 is 2.50 bits per heavy atom. The number of carbonyl (C=O) groups is 1. The van der Waals surface area contributed by atoms with Crippen LogP contribution in [0.5, 0.6) is 5.75 Å². The summed E-state index contributed by atoms with van der Waals surface area (Å²) in [7, 11) is 1.60. The molecule has 1 N–H and O–H groups in total. The zero-order valence-corrected chi connectivity index (χ0v) is 17.4. The van der Waals surface area contributed by atoms with Gasteiger partial charge in [0.05, 0.1) is 24.5 Å². The Morgan fingerprint density at radius 1 is 1.23 bits per heavy atom. The topological polar surface area (TPSA) is 96.3 Å². The SMILES string of the molecule is COc1ccc(Nc2cnn(C34C[C@@H]5C[C@@H](CC(C(=O)[O-])(C5)C3)C4)c(=O)c2Cl)cc1. The smallest absolute Gasteiger partial charge is 0.288 e. The zero-order valence-electron chi connectivity index (χ0n) is 16.7. The molecule has 0 aliphatic heterocycles. The Bertz CT molecular complexity index is 1050. The third-order valence-electron chi connectivity index (χ3n) is 7.20. The molecule has 0 amide bonds. The molecule has 6 rings (SSSR count). The number of carbonyl (C=O) groups excluding carboxylic acids is 1. The number of methoxy groups -OCH3 is 1. The van der Waals surface area contributed by atoms with Crippen molar-refractivity contribution >= 4 is 28.9 Å². The van der Waals surface area contributed by atoms with E-state index in [4.69, 9.17) is 16.3 Å². The van der Waals surface area contributed by atoms with Crippen LogP contribution in [0.3, 0.4) is 0 Å². The van der Waals surface area contributed by atoms with Crippen molar-refractivity contribution in [1.82, 2.24) is 9.78 Å². The van der Waals surface area contributed by atoms with Crippen molar-refractivity contribution in [2.45, 2.75) is 44.1 Å². The lowest BCUT2D eigenvalue weighted by Crippen LogP contribution is -2.63. The number of nitrogens with one attached hydrogen (secondary N) is 1. The number of carboxylic acids is 1. The molecular formula is C22H23ClN3O4-. The average Bonchev–Trinajstić information content (AvgIpc) is 2.71. The van der Waals surface area contributed by atoms with Gasteiger partial charge in [0.1, 0.15) is 10.8 Å². The number of benzene rings is 1. The molecule has 0 spiro atoms. The lowest BCUT2D eigenvalue weighted by Gasteiger charge is -2.62. The summed E-state index contributed by atoms with van der Waals surface area (Å²) in [4.78, 5) is 25.2. The quantitative estimate of drug-likeness (QED) is 0.786. The van der Waals surface area contributed by atoms with Gasteiger partial charge in [-0.2, -0.15) is 5.10 Å². The van der Waals surface area contributed by atoms with E-state index >= 15 is 0 Å². The highest BCUT2D eigenvalue weighted by molar-refractivity contribution is 6.33. The molecule has 7 nitrogen and oxygen atoms in total. The van der Waals surface area contributed by atoms with E-state index in [0.29, 0.717) is 24.9 Å². The maximum atomic E-state index is 13.2. The summed E-state index contributed by atoms with van der Waals surface area (Å²) < 4.78 is 6.62. The molecule has 1 aromatic heterocycles. The van der Waals surface area contributed by atoms with Crippen LogP contribution in [0.15, 0.2) is 35.3 Å². The molecule has 0 radical (unpaired) electrons. The van der Waals surface area contributed by atoms with Crippen molar-refractivity contribution < 1.29 is 14.6 Å². The van der Waals surface area contributed by atoms with Gasteiger partial charge < -0.3 is 20.0 Å². The van der Waals surface area contributed by atoms with Crippen LogP contribution in [0.1, 0.15) is 38.5 Å². The van der Waals surface area contributed by atoms with Crippen molar-refractivity contribution in [2.24, 2.45) is 17.3 Å². The Labute approximate surface area is 179 Å². The fourth-order valence-corrected chi connectivity index (χ4v) is 6.56. The fraction of sp³-hybridized carbons (Fsp3) is 0.500. The van der Waals surface area contributed by atoms with Gasteiger partial charge in [-0.1, -0.05) is 11.6 Å². The Kier molecular flexibility index (Phi) is 4.36. The minimum Gasteiger partial charge on any atom is -0.550 e. The number of halogens is 1. The van der Waals surface area contributed by atoms with Crippen LogP contribution in [0.4, 0.5) is 11.4 Å². The van der Waals surface area contributed by atoms with Gasteiger partial charge in [-0.05, 0) is 74.6 Å². The molecular weight excluding hydrogens is 406 g/mol. The number of ether oxygens (including phenoxy) is 1. The first-order chi connectivity index (χ1) is 14.3. The van der Waals surface area contributed by atoms with Crippen molar-refractivity contribution in [3.05, 3.63) is 45.8 Å². The molecule has 4 fully saturated rings. The number of aliphatic carboxylic acids is 1. The first kappa shape index (κ1) is 19.4. The molecule has 4 bridgehead atoms. The molecule has 1 heterocycles.